The highest BCUT2D eigenvalue weighted by molar-refractivity contribution is 5.81. The van der Waals surface area contributed by atoms with Crippen molar-refractivity contribution in [3.63, 3.8) is 0 Å². The van der Waals surface area contributed by atoms with E-state index in [4.69, 9.17) is 4.74 Å². The van der Waals surface area contributed by atoms with Gasteiger partial charge in [0.1, 0.15) is 0 Å². The lowest BCUT2D eigenvalue weighted by Crippen LogP contribution is -2.47. The minimum atomic E-state index is 0.0245. The van der Waals surface area contributed by atoms with Crippen LogP contribution in [0.1, 0.15) is 44.9 Å². The van der Waals surface area contributed by atoms with Crippen LogP contribution in [0.3, 0.4) is 0 Å². The van der Waals surface area contributed by atoms with Crippen molar-refractivity contribution in [2.75, 3.05) is 20.2 Å². The van der Waals surface area contributed by atoms with Crippen LogP contribution < -0.4 is 10.6 Å². The zero-order chi connectivity index (χ0) is 12.8. The molecule has 4 heteroatoms. The van der Waals surface area contributed by atoms with E-state index in [-0.39, 0.29) is 11.9 Å². The monoisotopic (exact) mass is 254 g/mol. The SMILES string of the molecule is CNC(=O)C1CC(CCCC2CCCO2)CCN1. The summed E-state index contributed by atoms with van der Waals surface area (Å²) in [5.41, 5.74) is 0. The van der Waals surface area contributed by atoms with E-state index < -0.39 is 0 Å². The van der Waals surface area contributed by atoms with Gasteiger partial charge in [-0.15, -0.1) is 0 Å². The highest BCUT2D eigenvalue weighted by atomic mass is 16.5. The van der Waals surface area contributed by atoms with Crippen molar-refractivity contribution >= 4 is 5.91 Å². The van der Waals surface area contributed by atoms with Gasteiger partial charge in [-0.05, 0) is 44.6 Å². The fraction of sp³-hybridized carbons (Fsp3) is 0.929. The Balaban J connectivity index is 1.64. The summed E-state index contributed by atoms with van der Waals surface area (Å²) in [4.78, 5) is 11.6. The Bertz CT molecular complexity index is 265. The minimum Gasteiger partial charge on any atom is -0.378 e. The number of carbonyl (C=O) groups is 1. The fourth-order valence-electron chi connectivity index (χ4n) is 3.14. The van der Waals surface area contributed by atoms with Gasteiger partial charge in [0.25, 0.3) is 0 Å². The van der Waals surface area contributed by atoms with Crippen molar-refractivity contribution in [2.45, 2.75) is 57.1 Å². The number of carbonyl (C=O) groups excluding carboxylic acids is 1. The Morgan fingerprint density at radius 3 is 3.00 bits per heavy atom. The third-order valence-electron chi connectivity index (χ3n) is 4.24. The van der Waals surface area contributed by atoms with Crippen LogP contribution in [0.15, 0.2) is 0 Å². The summed E-state index contributed by atoms with van der Waals surface area (Å²) < 4.78 is 5.64. The molecule has 104 valence electrons. The van der Waals surface area contributed by atoms with Gasteiger partial charge in [0.15, 0.2) is 0 Å². The Morgan fingerprint density at radius 1 is 1.39 bits per heavy atom. The van der Waals surface area contributed by atoms with Gasteiger partial charge in [-0.3, -0.25) is 4.79 Å². The molecule has 0 aromatic carbocycles. The topological polar surface area (TPSA) is 50.4 Å². The number of rotatable bonds is 5. The van der Waals surface area contributed by atoms with Crippen LogP contribution in [0, 0.1) is 5.92 Å². The molecule has 0 aromatic rings. The third-order valence-corrected chi connectivity index (χ3v) is 4.24. The Morgan fingerprint density at radius 2 is 2.28 bits per heavy atom. The highest BCUT2D eigenvalue weighted by Crippen LogP contribution is 2.25. The number of hydrogen-bond acceptors (Lipinski definition) is 3. The van der Waals surface area contributed by atoms with Crippen LogP contribution in [-0.2, 0) is 9.53 Å². The number of likely N-dealkylation sites (N-methyl/N-ethyl adjacent to an activating group) is 1. The maximum Gasteiger partial charge on any atom is 0.236 e. The fourth-order valence-corrected chi connectivity index (χ4v) is 3.14. The van der Waals surface area contributed by atoms with Gasteiger partial charge in [0.2, 0.25) is 5.91 Å². The molecule has 0 saturated carbocycles. The average Bonchev–Trinajstić information content (AvgIpc) is 2.91. The molecule has 2 rings (SSSR count). The molecule has 2 heterocycles. The summed E-state index contributed by atoms with van der Waals surface area (Å²) in [7, 11) is 1.71. The van der Waals surface area contributed by atoms with E-state index in [1.165, 1.54) is 38.5 Å². The Labute approximate surface area is 110 Å². The van der Waals surface area contributed by atoms with Gasteiger partial charge < -0.3 is 15.4 Å². The Hall–Kier alpha value is -0.610. The molecule has 0 radical (unpaired) electrons. The van der Waals surface area contributed by atoms with Crippen molar-refractivity contribution in [3.8, 4) is 0 Å². The molecule has 4 nitrogen and oxygen atoms in total. The van der Waals surface area contributed by atoms with E-state index in [0.29, 0.717) is 12.0 Å². The summed E-state index contributed by atoms with van der Waals surface area (Å²) in [5, 5.41) is 6.03. The second kappa shape index (κ2) is 7.10. The summed E-state index contributed by atoms with van der Waals surface area (Å²) >= 11 is 0. The van der Waals surface area contributed by atoms with Crippen molar-refractivity contribution < 1.29 is 9.53 Å². The molecule has 1 amide bonds. The van der Waals surface area contributed by atoms with Gasteiger partial charge in [0, 0.05) is 13.7 Å². The molecule has 0 aliphatic carbocycles. The van der Waals surface area contributed by atoms with Gasteiger partial charge in [0.05, 0.1) is 12.1 Å². The van der Waals surface area contributed by atoms with Crippen molar-refractivity contribution in [1.29, 1.82) is 0 Å². The maximum atomic E-state index is 11.6. The van der Waals surface area contributed by atoms with E-state index in [1.54, 1.807) is 7.05 Å². The average molecular weight is 254 g/mol. The predicted octanol–water partition coefficient (Wildman–Crippen LogP) is 1.45. The summed E-state index contributed by atoms with van der Waals surface area (Å²) in [6, 6.07) is 0.0245. The number of hydrogen-bond donors (Lipinski definition) is 2. The van der Waals surface area contributed by atoms with Crippen LogP contribution in [-0.4, -0.2) is 38.3 Å². The zero-order valence-corrected chi connectivity index (χ0v) is 11.4. The van der Waals surface area contributed by atoms with Gasteiger partial charge >= 0.3 is 0 Å². The lowest BCUT2D eigenvalue weighted by atomic mass is 9.87. The second-order valence-electron chi connectivity index (χ2n) is 5.58. The first-order chi connectivity index (χ1) is 8.79. The molecule has 2 aliphatic heterocycles. The van der Waals surface area contributed by atoms with E-state index in [0.717, 1.165) is 19.6 Å². The van der Waals surface area contributed by atoms with Crippen molar-refractivity contribution in [1.82, 2.24) is 10.6 Å². The van der Waals surface area contributed by atoms with Crippen LogP contribution in [0.2, 0.25) is 0 Å². The molecule has 2 fully saturated rings. The van der Waals surface area contributed by atoms with E-state index in [1.807, 2.05) is 0 Å². The van der Waals surface area contributed by atoms with Crippen LogP contribution in [0.25, 0.3) is 0 Å². The number of ether oxygens (including phenoxy) is 1. The number of nitrogens with one attached hydrogen (secondary N) is 2. The molecule has 2 saturated heterocycles. The summed E-state index contributed by atoms with van der Waals surface area (Å²) in [5.74, 6) is 0.841. The normalized spacial score (nSPS) is 32.4. The van der Waals surface area contributed by atoms with Crippen LogP contribution in [0.5, 0.6) is 0 Å². The van der Waals surface area contributed by atoms with Gasteiger partial charge in [-0.2, -0.15) is 0 Å². The molecule has 18 heavy (non-hydrogen) atoms. The first-order valence-corrected chi connectivity index (χ1v) is 7.36. The second-order valence-corrected chi connectivity index (χ2v) is 5.58. The van der Waals surface area contributed by atoms with Crippen molar-refractivity contribution in [3.05, 3.63) is 0 Å². The van der Waals surface area contributed by atoms with E-state index >= 15 is 0 Å². The number of piperidine rings is 1. The maximum absolute atomic E-state index is 11.6. The van der Waals surface area contributed by atoms with E-state index in [2.05, 4.69) is 10.6 Å². The zero-order valence-electron chi connectivity index (χ0n) is 11.4. The van der Waals surface area contributed by atoms with Crippen LogP contribution in [0.4, 0.5) is 0 Å². The molecule has 3 unspecified atom stereocenters. The molecule has 0 spiro atoms. The van der Waals surface area contributed by atoms with Gasteiger partial charge in [-0.25, -0.2) is 0 Å². The lowest BCUT2D eigenvalue weighted by Gasteiger charge is -2.29. The standard InChI is InChI=1S/C14H26N2O2/c1-15-14(17)13-10-11(7-8-16-13)4-2-5-12-6-3-9-18-12/h11-13,16H,2-10H2,1H3,(H,15,17). The highest BCUT2D eigenvalue weighted by Gasteiger charge is 2.26. The lowest BCUT2D eigenvalue weighted by molar-refractivity contribution is -0.123. The smallest absolute Gasteiger partial charge is 0.236 e. The molecular formula is C14H26N2O2. The largest absolute Gasteiger partial charge is 0.378 e. The van der Waals surface area contributed by atoms with E-state index in [9.17, 15) is 4.79 Å². The first-order valence-electron chi connectivity index (χ1n) is 7.36. The Kier molecular flexibility index (Phi) is 5.45. The summed E-state index contributed by atoms with van der Waals surface area (Å²) in [6.07, 6.45) is 8.88. The quantitative estimate of drug-likeness (QED) is 0.781. The molecule has 0 bridgehead atoms. The third kappa shape index (κ3) is 3.95. The minimum absolute atomic E-state index is 0.0245. The summed E-state index contributed by atoms with van der Waals surface area (Å²) in [6.45, 7) is 1.93. The number of amides is 1. The first kappa shape index (κ1) is 13.8. The predicted molar refractivity (Wildman–Crippen MR) is 71.4 cm³/mol. The molecular weight excluding hydrogens is 228 g/mol. The van der Waals surface area contributed by atoms with Crippen LogP contribution >= 0.6 is 0 Å². The van der Waals surface area contributed by atoms with Crippen molar-refractivity contribution in [2.24, 2.45) is 5.92 Å². The molecule has 3 atom stereocenters. The molecule has 2 aliphatic rings. The molecule has 2 N–H and O–H groups in total. The van der Waals surface area contributed by atoms with Gasteiger partial charge in [-0.1, -0.05) is 12.8 Å². The molecule has 0 aromatic heterocycles.